The van der Waals surface area contributed by atoms with Crippen LogP contribution in [0.3, 0.4) is 0 Å². The summed E-state index contributed by atoms with van der Waals surface area (Å²) in [5, 5.41) is 4.21. The average Bonchev–Trinajstić information content (AvgIpc) is 2.78. The summed E-state index contributed by atoms with van der Waals surface area (Å²) in [7, 11) is 0. The summed E-state index contributed by atoms with van der Waals surface area (Å²) in [6, 6.07) is 5.01. The second-order valence-electron chi connectivity index (χ2n) is 6.43. The van der Waals surface area contributed by atoms with Gasteiger partial charge in [0.15, 0.2) is 0 Å². The van der Waals surface area contributed by atoms with Crippen molar-refractivity contribution in [3.8, 4) is 0 Å². The van der Waals surface area contributed by atoms with E-state index in [1.165, 1.54) is 16.7 Å². The van der Waals surface area contributed by atoms with Gasteiger partial charge in [0.05, 0.1) is 5.02 Å². The van der Waals surface area contributed by atoms with Crippen molar-refractivity contribution < 1.29 is 9.59 Å². The van der Waals surface area contributed by atoms with E-state index in [1.54, 1.807) is 18.2 Å². The monoisotopic (exact) mass is 386 g/mol. The second-order valence-corrected chi connectivity index (χ2v) is 8.41. The molecule has 2 aliphatic rings. The summed E-state index contributed by atoms with van der Waals surface area (Å²) >= 11 is 13.6. The first-order valence-electron chi connectivity index (χ1n) is 8.16. The van der Waals surface area contributed by atoms with Gasteiger partial charge in [-0.2, -0.15) is 0 Å². The minimum Gasteiger partial charge on any atom is -0.323 e. The molecule has 2 atom stereocenters. The molecule has 2 fully saturated rings. The molecule has 4 nitrogen and oxygen atoms in total. The molecule has 24 heavy (non-hydrogen) atoms. The van der Waals surface area contributed by atoms with E-state index in [0.717, 1.165) is 30.6 Å². The Balaban J connectivity index is 1.64. The van der Waals surface area contributed by atoms with Crippen molar-refractivity contribution >= 4 is 46.9 Å². The van der Waals surface area contributed by atoms with Crippen molar-refractivity contribution in [1.82, 2.24) is 10.2 Å². The lowest BCUT2D eigenvalue weighted by molar-refractivity contribution is -0.134. The summed E-state index contributed by atoms with van der Waals surface area (Å²) in [6.45, 7) is 2.42. The number of rotatable bonds is 4. The number of urea groups is 1. The number of carbonyl (C=O) groups excluding carboxylic acids is 2. The van der Waals surface area contributed by atoms with Gasteiger partial charge in [-0.25, -0.2) is 4.79 Å². The Labute approximate surface area is 156 Å². The van der Waals surface area contributed by atoms with E-state index in [2.05, 4.69) is 12.2 Å². The van der Waals surface area contributed by atoms with Crippen molar-refractivity contribution in [3.05, 3.63) is 28.2 Å². The van der Waals surface area contributed by atoms with Gasteiger partial charge in [0, 0.05) is 22.2 Å². The molecular weight excluding hydrogens is 367 g/mol. The zero-order chi connectivity index (χ0) is 17.3. The maximum Gasteiger partial charge on any atom is 0.325 e. The number of amides is 3. The fraction of sp³-hybridized carbons (Fsp3) is 0.529. The first-order valence-corrected chi connectivity index (χ1v) is 9.90. The molecule has 3 rings (SSSR count). The fourth-order valence-corrected chi connectivity index (χ4v) is 4.96. The Morgan fingerprint density at radius 2 is 2.12 bits per heavy atom. The lowest BCUT2D eigenvalue weighted by atomic mass is 9.73. The van der Waals surface area contributed by atoms with Crippen molar-refractivity contribution in [2.24, 2.45) is 5.92 Å². The smallest absolute Gasteiger partial charge is 0.323 e. The molecule has 1 aliphatic carbocycles. The maximum absolute atomic E-state index is 12.9. The van der Waals surface area contributed by atoms with Gasteiger partial charge in [0.1, 0.15) is 5.54 Å². The topological polar surface area (TPSA) is 49.4 Å². The van der Waals surface area contributed by atoms with E-state index in [1.807, 2.05) is 0 Å². The van der Waals surface area contributed by atoms with Crippen molar-refractivity contribution in [3.63, 3.8) is 0 Å². The zero-order valence-corrected chi connectivity index (χ0v) is 15.8. The van der Waals surface area contributed by atoms with Crippen LogP contribution in [-0.4, -0.2) is 34.7 Å². The zero-order valence-electron chi connectivity index (χ0n) is 13.5. The maximum atomic E-state index is 12.9. The van der Waals surface area contributed by atoms with E-state index in [4.69, 9.17) is 23.2 Å². The molecule has 1 N–H and O–H groups in total. The van der Waals surface area contributed by atoms with Crippen molar-refractivity contribution in [2.75, 3.05) is 12.3 Å². The number of thioether (sulfide) groups is 1. The molecule has 3 amide bonds. The fourth-order valence-electron chi connectivity index (χ4n) is 3.53. The second kappa shape index (κ2) is 7.14. The molecule has 1 saturated carbocycles. The largest absolute Gasteiger partial charge is 0.325 e. The van der Waals surface area contributed by atoms with E-state index in [-0.39, 0.29) is 17.9 Å². The minimum absolute atomic E-state index is 0.0718. The minimum atomic E-state index is -0.687. The third kappa shape index (κ3) is 3.26. The Morgan fingerprint density at radius 1 is 1.33 bits per heavy atom. The van der Waals surface area contributed by atoms with Crippen LogP contribution in [0.25, 0.3) is 0 Å². The normalized spacial score (nSPS) is 27.0. The first kappa shape index (κ1) is 17.9. The number of nitrogens with zero attached hydrogens (tertiary/aromatic N) is 1. The summed E-state index contributed by atoms with van der Waals surface area (Å²) in [5.74, 6) is 0.698. The molecule has 1 aromatic rings. The molecular formula is C17H20Cl2N2O2S. The molecule has 1 heterocycles. The van der Waals surface area contributed by atoms with Crippen LogP contribution in [-0.2, 0) is 4.79 Å². The van der Waals surface area contributed by atoms with E-state index in [0.29, 0.717) is 22.3 Å². The van der Waals surface area contributed by atoms with Crippen molar-refractivity contribution in [2.45, 2.75) is 43.0 Å². The van der Waals surface area contributed by atoms with Crippen LogP contribution in [0.4, 0.5) is 4.79 Å². The average molecular weight is 387 g/mol. The Bertz CT molecular complexity index is 670. The number of halogens is 2. The van der Waals surface area contributed by atoms with Crippen molar-refractivity contribution in [1.29, 1.82) is 0 Å². The van der Waals surface area contributed by atoms with Gasteiger partial charge in [-0.3, -0.25) is 9.69 Å². The van der Waals surface area contributed by atoms with Crippen LogP contribution in [0, 0.1) is 5.92 Å². The predicted octanol–water partition coefficient (Wildman–Crippen LogP) is 4.59. The third-order valence-electron chi connectivity index (χ3n) is 4.97. The van der Waals surface area contributed by atoms with Crippen LogP contribution in [0.15, 0.2) is 23.1 Å². The first-order chi connectivity index (χ1) is 11.4. The SMILES string of the molecule is C[C@H]1CCCC[C@]12NC(=O)N(CCSc1cc(Cl)ccc1Cl)C2=O. The lowest BCUT2D eigenvalue weighted by Crippen LogP contribution is -2.54. The molecule has 130 valence electrons. The van der Waals surface area contributed by atoms with Gasteiger partial charge in [0.2, 0.25) is 0 Å². The standard InChI is InChI=1S/C17H20Cl2N2O2S/c1-11-4-2-3-7-17(11)15(22)21(16(23)20-17)8-9-24-14-10-12(18)5-6-13(14)19/h5-6,10-11H,2-4,7-9H2,1H3,(H,20,23)/t11-,17-/m0/s1. The molecule has 0 radical (unpaired) electrons. The Morgan fingerprint density at radius 3 is 2.88 bits per heavy atom. The quantitative estimate of drug-likeness (QED) is 0.608. The van der Waals surface area contributed by atoms with Crippen LogP contribution in [0.1, 0.15) is 32.6 Å². The molecule has 1 aromatic carbocycles. The third-order valence-corrected chi connectivity index (χ3v) is 6.68. The number of hydrogen-bond donors (Lipinski definition) is 1. The molecule has 0 unspecified atom stereocenters. The number of imide groups is 1. The van der Waals surface area contributed by atoms with Crippen LogP contribution in [0.2, 0.25) is 10.0 Å². The van der Waals surface area contributed by atoms with E-state index in [9.17, 15) is 9.59 Å². The van der Waals surface area contributed by atoms with Gasteiger partial charge >= 0.3 is 6.03 Å². The molecule has 7 heteroatoms. The summed E-state index contributed by atoms with van der Waals surface area (Å²) in [4.78, 5) is 27.4. The van der Waals surface area contributed by atoms with Crippen LogP contribution < -0.4 is 5.32 Å². The molecule has 1 saturated heterocycles. The van der Waals surface area contributed by atoms with Gasteiger partial charge < -0.3 is 5.32 Å². The number of carbonyl (C=O) groups is 2. The highest BCUT2D eigenvalue weighted by molar-refractivity contribution is 7.99. The highest BCUT2D eigenvalue weighted by atomic mass is 35.5. The highest BCUT2D eigenvalue weighted by Crippen LogP contribution is 2.38. The lowest BCUT2D eigenvalue weighted by Gasteiger charge is -2.36. The summed E-state index contributed by atoms with van der Waals surface area (Å²) in [6.07, 6.45) is 3.82. The molecule has 1 spiro atoms. The van der Waals surface area contributed by atoms with Gasteiger partial charge in [-0.05, 0) is 37.0 Å². The predicted molar refractivity (Wildman–Crippen MR) is 97.8 cm³/mol. The Hall–Kier alpha value is -0.910. The number of benzene rings is 1. The van der Waals surface area contributed by atoms with Gasteiger partial charge in [-0.1, -0.05) is 43.0 Å². The number of hydrogen-bond acceptors (Lipinski definition) is 3. The summed E-state index contributed by atoms with van der Waals surface area (Å²) in [5.41, 5.74) is -0.687. The Kier molecular flexibility index (Phi) is 5.33. The van der Waals surface area contributed by atoms with E-state index >= 15 is 0 Å². The van der Waals surface area contributed by atoms with Gasteiger partial charge in [0.25, 0.3) is 5.91 Å². The molecule has 0 aromatic heterocycles. The number of nitrogens with one attached hydrogen (secondary N) is 1. The van der Waals surface area contributed by atoms with Gasteiger partial charge in [-0.15, -0.1) is 11.8 Å². The molecule has 1 aliphatic heterocycles. The van der Waals surface area contributed by atoms with E-state index < -0.39 is 5.54 Å². The highest BCUT2D eigenvalue weighted by Gasteiger charge is 2.54. The molecule has 0 bridgehead atoms. The van der Waals surface area contributed by atoms with Crippen LogP contribution >= 0.6 is 35.0 Å². The van der Waals surface area contributed by atoms with Crippen LogP contribution in [0.5, 0.6) is 0 Å². The summed E-state index contributed by atoms with van der Waals surface area (Å²) < 4.78 is 0.